The molecule has 0 aliphatic heterocycles. The SMILES string of the molecule is COc1ccc(-c2nnc(CNc3ccc(OCc4ccc(Cl)cc4)cc3)o2)cc1OC. The van der Waals surface area contributed by atoms with E-state index in [9.17, 15) is 0 Å². The van der Waals surface area contributed by atoms with Gasteiger partial charge >= 0.3 is 0 Å². The monoisotopic (exact) mass is 451 g/mol. The molecule has 1 aromatic heterocycles. The number of hydrogen-bond acceptors (Lipinski definition) is 7. The van der Waals surface area contributed by atoms with Crippen LogP contribution in [0.5, 0.6) is 17.2 Å². The lowest BCUT2D eigenvalue weighted by molar-refractivity contribution is 0.306. The number of ether oxygens (including phenoxy) is 3. The van der Waals surface area contributed by atoms with Crippen molar-refractivity contribution in [3.8, 4) is 28.7 Å². The minimum Gasteiger partial charge on any atom is -0.493 e. The summed E-state index contributed by atoms with van der Waals surface area (Å²) < 4.78 is 22.2. The maximum atomic E-state index is 5.90. The highest BCUT2D eigenvalue weighted by Crippen LogP contribution is 2.31. The average molecular weight is 452 g/mol. The van der Waals surface area contributed by atoms with Crippen molar-refractivity contribution in [2.24, 2.45) is 0 Å². The minimum atomic E-state index is 0.394. The highest BCUT2D eigenvalue weighted by atomic mass is 35.5. The Morgan fingerprint density at radius 2 is 1.62 bits per heavy atom. The first-order chi connectivity index (χ1) is 15.6. The molecule has 0 amide bonds. The van der Waals surface area contributed by atoms with Crippen LogP contribution in [0.25, 0.3) is 11.5 Å². The molecule has 32 heavy (non-hydrogen) atoms. The second kappa shape index (κ2) is 10.1. The number of benzene rings is 3. The minimum absolute atomic E-state index is 0.394. The summed E-state index contributed by atoms with van der Waals surface area (Å²) in [5, 5.41) is 12.2. The van der Waals surface area contributed by atoms with Gasteiger partial charge in [-0.05, 0) is 60.2 Å². The summed E-state index contributed by atoms with van der Waals surface area (Å²) in [7, 11) is 3.17. The van der Waals surface area contributed by atoms with Gasteiger partial charge < -0.3 is 23.9 Å². The summed E-state index contributed by atoms with van der Waals surface area (Å²) in [6.07, 6.45) is 0. The van der Waals surface area contributed by atoms with Crippen LogP contribution in [0.1, 0.15) is 11.5 Å². The van der Waals surface area contributed by atoms with Gasteiger partial charge in [0, 0.05) is 16.3 Å². The van der Waals surface area contributed by atoms with Crippen molar-refractivity contribution in [3.63, 3.8) is 0 Å². The van der Waals surface area contributed by atoms with E-state index in [4.69, 9.17) is 30.2 Å². The lowest BCUT2D eigenvalue weighted by atomic mass is 10.2. The zero-order valence-corrected chi connectivity index (χ0v) is 18.4. The first-order valence-electron chi connectivity index (χ1n) is 9.90. The van der Waals surface area contributed by atoms with Crippen molar-refractivity contribution in [1.82, 2.24) is 10.2 Å². The van der Waals surface area contributed by atoms with E-state index < -0.39 is 0 Å². The Labute approximate surface area is 190 Å². The van der Waals surface area contributed by atoms with Crippen molar-refractivity contribution >= 4 is 17.3 Å². The molecule has 0 bridgehead atoms. The molecule has 164 valence electrons. The summed E-state index contributed by atoms with van der Waals surface area (Å²) in [6, 6.07) is 20.7. The van der Waals surface area contributed by atoms with Crippen LogP contribution in [-0.4, -0.2) is 24.4 Å². The Bertz CT molecular complexity index is 1160. The van der Waals surface area contributed by atoms with E-state index in [0.717, 1.165) is 22.6 Å². The molecule has 7 nitrogen and oxygen atoms in total. The molecular formula is C24H22ClN3O4. The molecule has 8 heteroatoms. The van der Waals surface area contributed by atoms with Crippen molar-refractivity contribution < 1.29 is 18.6 Å². The number of aromatic nitrogens is 2. The summed E-state index contributed by atoms with van der Waals surface area (Å²) in [5.74, 6) is 2.89. The maximum Gasteiger partial charge on any atom is 0.247 e. The number of hydrogen-bond donors (Lipinski definition) is 1. The van der Waals surface area contributed by atoms with Crippen molar-refractivity contribution in [2.45, 2.75) is 13.2 Å². The average Bonchev–Trinajstić information content (AvgIpc) is 3.31. The predicted octanol–water partition coefficient (Wildman–Crippen LogP) is 5.60. The van der Waals surface area contributed by atoms with Gasteiger partial charge in [0.1, 0.15) is 12.4 Å². The zero-order valence-electron chi connectivity index (χ0n) is 17.7. The molecule has 4 rings (SSSR count). The van der Waals surface area contributed by atoms with Gasteiger partial charge in [0.2, 0.25) is 11.8 Å². The van der Waals surface area contributed by atoms with E-state index in [0.29, 0.717) is 41.5 Å². The standard InChI is InChI=1S/C24H22ClN3O4/c1-29-21-12-5-17(13-22(21)30-2)24-28-27-23(32-24)14-26-19-8-10-20(11-9-19)31-15-16-3-6-18(25)7-4-16/h3-13,26H,14-15H2,1-2H3. The second-order valence-corrected chi connectivity index (χ2v) is 7.30. The number of nitrogens with zero attached hydrogens (tertiary/aromatic N) is 2. The third kappa shape index (κ3) is 5.31. The molecule has 0 spiro atoms. The molecule has 3 aromatic carbocycles. The molecule has 0 aliphatic carbocycles. The lowest BCUT2D eigenvalue weighted by Gasteiger charge is -2.08. The highest BCUT2D eigenvalue weighted by molar-refractivity contribution is 6.30. The van der Waals surface area contributed by atoms with Gasteiger partial charge in [-0.2, -0.15) is 0 Å². The normalized spacial score (nSPS) is 10.6. The van der Waals surface area contributed by atoms with Crippen LogP contribution in [0.2, 0.25) is 5.02 Å². The van der Waals surface area contributed by atoms with Crippen LogP contribution in [0.3, 0.4) is 0 Å². The van der Waals surface area contributed by atoms with E-state index >= 15 is 0 Å². The third-order valence-electron chi connectivity index (χ3n) is 4.71. The molecule has 0 saturated heterocycles. The van der Waals surface area contributed by atoms with Gasteiger partial charge in [-0.3, -0.25) is 0 Å². The number of anilines is 1. The Morgan fingerprint density at radius 1 is 0.875 bits per heavy atom. The fourth-order valence-electron chi connectivity index (χ4n) is 3.00. The van der Waals surface area contributed by atoms with Gasteiger partial charge in [0.25, 0.3) is 0 Å². The van der Waals surface area contributed by atoms with E-state index in [1.54, 1.807) is 26.4 Å². The van der Waals surface area contributed by atoms with Gasteiger partial charge in [0.15, 0.2) is 11.5 Å². The Balaban J connectivity index is 1.32. The summed E-state index contributed by atoms with van der Waals surface area (Å²) in [4.78, 5) is 0. The van der Waals surface area contributed by atoms with E-state index in [2.05, 4.69) is 15.5 Å². The molecule has 0 atom stereocenters. The van der Waals surface area contributed by atoms with Gasteiger partial charge in [-0.15, -0.1) is 10.2 Å². The van der Waals surface area contributed by atoms with Crippen molar-refractivity contribution in [3.05, 3.63) is 83.2 Å². The van der Waals surface area contributed by atoms with Crippen molar-refractivity contribution in [1.29, 1.82) is 0 Å². The fraction of sp³-hybridized carbons (Fsp3) is 0.167. The fourth-order valence-corrected chi connectivity index (χ4v) is 3.13. The Hall–Kier alpha value is -3.71. The maximum absolute atomic E-state index is 5.90. The van der Waals surface area contributed by atoms with Crippen LogP contribution < -0.4 is 19.5 Å². The van der Waals surface area contributed by atoms with Gasteiger partial charge in [-0.25, -0.2) is 0 Å². The molecule has 4 aromatic rings. The van der Waals surface area contributed by atoms with Crippen LogP contribution in [-0.2, 0) is 13.2 Å². The quantitative estimate of drug-likeness (QED) is 0.355. The molecule has 1 heterocycles. The van der Waals surface area contributed by atoms with Crippen molar-refractivity contribution in [2.75, 3.05) is 19.5 Å². The molecule has 0 aliphatic rings. The third-order valence-corrected chi connectivity index (χ3v) is 4.97. The topological polar surface area (TPSA) is 78.6 Å². The van der Waals surface area contributed by atoms with E-state index in [1.165, 1.54) is 0 Å². The molecule has 1 N–H and O–H groups in total. The number of nitrogens with one attached hydrogen (secondary N) is 1. The smallest absolute Gasteiger partial charge is 0.247 e. The van der Waals surface area contributed by atoms with Gasteiger partial charge in [0.05, 0.1) is 20.8 Å². The second-order valence-electron chi connectivity index (χ2n) is 6.86. The summed E-state index contributed by atoms with van der Waals surface area (Å²) >= 11 is 5.90. The van der Waals surface area contributed by atoms with Crippen LogP contribution in [0.15, 0.2) is 71.1 Å². The molecule has 0 unspecified atom stereocenters. The van der Waals surface area contributed by atoms with Gasteiger partial charge in [-0.1, -0.05) is 23.7 Å². The Morgan fingerprint density at radius 3 is 2.34 bits per heavy atom. The first-order valence-corrected chi connectivity index (χ1v) is 10.3. The summed E-state index contributed by atoms with van der Waals surface area (Å²) in [5.41, 5.74) is 2.72. The number of halogens is 1. The van der Waals surface area contributed by atoms with E-state index in [1.807, 2.05) is 54.6 Å². The van der Waals surface area contributed by atoms with E-state index in [-0.39, 0.29) is 0 Å². The molecule has 0 saturated carbocycles. The molecule has 0 fully saturated rings. The highest BCUT2D eigenvalue weighted by Gasteiger charge is 2.12. The first kappa shape index (κ1) is 21.5. The van der Waals surface area contributed by atoms with Crippen LogP contribution in [0, 0.1) is 0 Å². The molecule has 0 radical (unpaired) electrons. The number of rotatable bonds is 9. The predicted molar refractivity (Wildman–Crippen MR) is 122 cm³/mol. The lowest BCUT2D eigenvalue weighted by Crippen LogP contribution is -2.00. The largest absolute Gasteiger partial charge is 0.493 e. The zero-order chi connectivity index (χ0) is 22.3. The van der Waals surface area contributed by atoms with Crippen LogP contribution in [0.4, 0.5) is 5.69 Å². The number of methoxy groups -OCH3 is 2. The Kier molecular flexibility index (Phi) is 6.77. The molecular weight excluding hydrogens is 430 g/mol. The summed E-state index contributed by atoms with van der Waals surface area (Å²) in [6.45, 7) is 0.871. The van der Waals surface area contributed by atoms with Crippen LogP contribution >= 0.6 is 11.6 Å².